The molecule has 1 heterocycles. The average molecular weight is 147 g/mol. The minimum absolute atomic E-state index is 0.651. The van der Waals surface area contributed by atoms with Gasteiger partial charge in [-0.1, -0.05) is 5.92 Å². The topological polar surface area (TPSA) is 22.1 Å². The van der Waals surface area contributed by atoms with Crippen LogP contribution in [0, 0.1) is 19.3 Å². The molecule has 1 aromatic rings. The molecule has 56 valence electrons. The van der Waals surface area contributed by atoms with Gasteiger partial charge < -0.3 is 4.74 Å². The number of hydrogen-bond donors (Lipinski definition) is 0. The Morgan fingerprint density at radius 2 is 2.36 bits per heavy atom. The van der Waals surface area contributed by atoms with Gasteiger partial charge in [-0.05, 0) is 13.0 Å². The highest BCUT2D eigenvalue weighted by Crippen LogP contribution is 2.15. The monoisotopic (exact) mass is 147 g/mol. The van der Waals surface area contributed by atoms with Crippen molar-refractivity contribution >= 4 is 0 Å². The summed E-state index contributed by atoms with van der Waals surface area (Å²) in [4.78, 5) is 4.04. The lowest BCUT2D eigenvalue weighted by atomic mass is 10.2. The maximum Gasteiger partial charge on any atom is 0.152 e. The Bertz CT molecular complexity index is 299. The number of rotatable bonds is 1. The molecule has 0 fully saturated rings. The number of aromatic nitrogens is 1. The normalized spacial score (nSPS) is 8.82. The largest absolute Gasteiger partial charge is 0.494 e. The zero-order valence-corrected chi connectivity index (χ0v) is 6.59. The van der Waals surface area contributed by atoms with Gasteiger partial charge in [0.2, 0.25) is 0 Å². The summed E-state index contributed by atoms with van der Waals surface area (Å²) in [6.07, 6.45) is 6.87. The van der Waals surface area contributed by atoms with Crippen LogP contribution in [0.1, 0.15) is 11.3 Å². The Morgan fingerprint density at radius 1 is 1.64 bits per heavy atom. The molecule has 0 saturated carbocycles. The Hall–Kier alpha value is -1.49. The fourth-order valence-electron chi connectivity index (χ4n) is 0.823. The molecule has 2 nitrogen and oxygen atoms in total. The van der Waals surface area contributed by atoms with Crippen molar-refractivity contribution in [3.8, 4) is 18.1 Å². The number of methoxy groups -OCH3 is 1. The van der Waals surface area contributed by atoms with E-state index in [1.165, 1.54) is 0 Å². The average Bonchev–Trinajstić information content (AvgIpc) is 2.04. The number of ether oxygens (including phenoxy) is 1. The molecule has 1 aromatic heterocycles. The summed E-state index contributed by atoms with van der Waals surface area (Å²) in [6, 6.07) is 1.82. The fourth-order valence-corrected chi connectivity index (χ4v) is 0.823. The predicted molar refractivity (Wildman–Crippen MR) is 43.5 cm³/mol. The minimum Gasteiger partial charge on any atom is -0.494 e. The first-order valence-electron chi connectivity index (χ1n) is 3.25. The highest BCUT2D eigenvalue weighted by atomic mass is 16.5. The van der Waals surface area contributed by atoms with E-state index in [1.54, 1.807) is 13.3 Å². The van der Waals surface area contributed by atoms with Gasteiger partial charge >= 0.3 is 0 Å². The summed E-state index contributed by atoms with van der Waals surface area (Å²) in [5.74, 6) is 3.17. The first-order chi connectivity index (χ1) is 5.27. The molecule has 0 N–H and O–H groups in total. The van der Waals surface area contributed by atoms with Crippen LogP contribution in [0.4, 0.5) is 0 Å². The molecule has 0 amide bonds. The Labute approximate surface area is 66.2 Å². The molecule has 0 atom stereocenters. The van der Waals surface area contributed by atoms with E-state index < -0.39 is 0 Å². The van der Waals surface area contributed by atoms with E-state index >= 15 is 0 Å². The summed E-state index contributed by atoms with van der Waals surface area (Å²) in [7, 11) is 1.58. The van der Waals surface area contributed by atoms with Crippen molar-refractivity contribution in [3.05, 3.63) is 23.5 Å². The highest BCUT2D eigenvalue weighted by molar-refractivity contribution is 5.43. The van der Waals surface area contributed by atoms with Gasteiger partial charge in [-0.15, -0.1) is 6.42 Å². The second-order valence-corrected chi connectivity index (χ2v) is 2.17. The van der Waals surface area contributed by atoms with E-state index in [0.717, 1.165) is 11.3 Å². The van der Waals surface area contributed by atoms with Crippen LogP contribution in [-0.4, -0.2) is 12.1 Å². The molecule has 0 radical (unpaired) electrons. The highest BCUT2D eigenvalue weighted by Gasteiger charge is 1.98. The molecule has 0 aliphatic heterocycles. The first kappa shape index (κ1) is 7.62. The minimum atomic E-state index is 0.651. The molecule has 0 aromatic carbocycles. The third-order valence-corrected chi connectivity index (χ3v) is 1.38. The van der Waals surface area contributed by atoms with Crippen LogP contribution < -0.4 is 4.74 Å². The first-order valence-corrected chi connectivity index (χ1v) is 3.25. The van der Waals surface area contributed by atoms with Gasteiger partial charge in [-0.25, -0.2) is 0 Å². The number of hydrogen-bond acceptors (Lipinski definition) is 2. The second-order valence-electron chi connectivity index (χ2n) is 2.17. The summed E-state index contributed by atoms with van der Waals surface area (Å²) < 4.78 is 4.99. The predicted octanol–water partition coefficient (Wildman–Crippen LogP) is 1.38. The van der Waals surface area contributed by atoms with Gasteiger partial charge in [-0.2, -0.15) is 0 Å². The standard InChI is InChI=1S/C9H9NO/c1-4-8-5-7(2)10-6-9(8)11-3/h1,5-6H,2-3H3. The lowest BCUT2D eigenvalue weighted by Crippen LogP contribution is -1.90. The molecule has 1 rings (SSSR count). The summed E-state index contributed by atoms with van der Waals surface area (Å²) in [5.41, 5.74) is 1.65. The van der Waals surface area contributed by atoms with Gasteiger partial charge in [0.15, 0.2) is 5.75 Å². The van der Waals surface area contributed by atoms with Crippen molar-refractivity contribution in [3.63, 3.8) is 0 Å². The van der Waals surface area contributed by atoms with Crippen LogP contribution >= 0.6 is 0 Å². The van der Waals surface area contributed by atoms with E-state index in [9.17, 15) is 0 Å². The number of aryl methyl sites for hydroxylation is 1. The Balaban J connectivity index is 3.19. The molecule has 0 spiro atoms. The zero-order valence-electron chi connectivity index (χ0n) is 6.59. The number of terminal acetylenes is 1. The second kappa shape index (κ2) is 3.07. The van der Waals surface area contributed by atoms with E-state index in [2.05, 4.69) is 10.9 Å². The van der Waals surface area contributed by atoms with Crippen LogP contribution in [0.2, 0.25) is 0 Å². The van der Waals surface area contributed by atoms with Crippen molar-refractivity contribution in [1.82, 2.24) is 4.98 Å². The molecule has 0 aliphatic carbocycles. The van der Waals surface area contributed by atoms with Gasteiger partial charge in [0, 0.05) is 5.69 Å². The lowest BCUT2D eigenvalue weighted by molar-refractivity contribution is 0.411. The van der Waals surface area contributed by atoms with E-state index in [4.69, 9.17) is 11.2 Å². The molecular weight excluding hydrogens is 138 g/mol. The molecule has 2 heteroatoms. The molecular formula is C9H9NO. The lowest BCUT2D eigenvalue weighted by Gasteiger charge is -2.01. The third kappa shape index (κ3) is 1.50. The van der Waals surface area contributed by atoms with Crippen molar-refractivity contribution < 1.29 is 4.74 Å². The van der Waals surface area contributed by atoms with E-state index in [0.29, 0.717) is 5.75 Å². The SMILES string of the molecule is C#Cc1cc(C)ncc1OC. The summed E-state index contributed by atoms with van der Waals surface area (Å²) in [6.45, 7) is 1.89. The van der Waals surface area contributed by atoms with Crippen LogP contribution in [0.25, 0.3) is 0 Å². The third-order valence-electron chi connectivity index (χ3n) is 1.38. The van der Waals surface area contributed by atoms with Crippen LogP contribution in [0.5, 0.6) is 5.75 Å². The quantitative estimate of drug-likeness (QED) is 0.560. The van der Waals surface area contributed by atoms with Gasteiger partial charge in [0.05, 0.1) is 18.9 Å². The van der Waals surface area contributed by atoms with Crippen LogP contribution in [-0.2, 0) is 0 Å². The molecule has 11 heavy (non-hydrogen) atoms. The summed E-state index contributed by atoms with van der Waals surface area (Å²) in [5, 5.41) is 0. The van der Waals surface area contributed by atoms with Crippen molar-refractivity contribution in [2.24, 2.45) is 0 Å². The van der Waals surface area contributed by atoms with Gasteiger partial charge in [0.25, 0.3) is 0 Å². The molecule has 0 aliphatic rings. The van der Waals surface area contributed by atoms with Crippen molar-refractivity contribution in [2.45, 2.75) is 6.92 Å². The molecule has 0 bridgehead atoms. The zero-order chi connectivity index (χ0) is 8.27. The fraction of sp³-hybridized carbons (Fsp3) is 0.222. The smallest absolute Gasteiger partial charge is 0.152 e. The van der Waals surface area contributed by atoms with E-state index in [1.807, 2.05) is 13.0 Å². The van der Waals surface area contributed by atoms with Crippen molar-refractivity contribution in [1.29, 1.82) is 0 Å². The van der Waals surface area contributed by atoms with Gasteiger partial charge in [0.1, 0.15) is 0 Å². The van der Waals surface area contributed by atoms with Gasteiger partial charge in [-0.3, -0.25) is 4.98 Å². The maximum absolute atomic E-state index is 5.24. The van der Waals surface area contributed by atoms with E-state index in [-0.39, 0.29) is 0 Å². The molecule has 0 unspecified atom stereocenters. The Kier molecular flexibility index (Phi) is 2.12. The number of pyridine rings is 1. The van der Waals surface area contributed by atoms with Crippen LogP contribution in [0.15, 0.2) is 12.3 Å². The summed E-state index contributed by atoms with van der Waals surface area (Å²) >= 11 is 0. The van der Waals surface area contributed by atoms with Crippen LogP contribution in [0.3, 0.4) is 0 Å². The Morgan fingerprint density at radius 3 is 2.91 bits per heavy atom. The maximum atomic E-state index is 5.24. The van der Waals surface area contributed by atoms with Crippen molar-refractivity contribution in [2.75, 3.05) is 7.11 Å². The molecule has 0 saturated heterocycles. The number of nitrogens with zero attached hydrogens (tertiary/aromatic N) is 1.